The minimum atomic E-state index is -0.186. The van der Waals surface area contributed by atoms with Crippen molar-refractivity contribution in [2.75, 3.05) is 0 Å². The number of carbonyl (C=O) groups is 1. The molecular formula is C15H22N2O. The first kappa shape index (κ1) is 11.9. The summed E-state index contributed by atoms with van der Waals surface area (Å²) in [6, 6.07) is 0. The third-order valence-corrected chi connectivity index (χ3v) is 5.49. The van der Waals surface area contributed by atoms with Gasteiger partial charge in [0.1, 0.15) is 5.78 Å². The van der Waals surface area contributed by atoms with Crippen LogP contribution in [-0.4, -0.2) is 15.6 Å². The second-order valence-corrected chi connectivity index (χ2v) is 6.80. The summed E-state index contributed by atoms with van der Waals surface area (Å²) >= 11 is 0. The maximum atomic E-state index is 12.2. The number of nitrogens with zero attached hydrogens (tertiary/aromatic N) is 2. The van der Waals surface area contributed by atoms with Gasteiger partial charge in [0.15, 0.2) is 0 Å². The van der Waals surface area contributed by atoms with Gasteiger partial charge in [-0.15, -0.1) is 0 Å². The van der Waals surface area contributed by atoms with Gasteiger partial charge in [0, 0.05) is 30.0 Å². The quantitative estimate of drug-likeness (QED) is 0.705. The lowest BCUT2D eigenvalue weighted by Gasteiger charge is -2.52. The number of aryl methyl sites for hydroxylation is 2. The van der Waals surface area contributed by atoms with Gasteiger partial charge in [-0.3, -0.25) is 9.48 Å². The Kier molecular flexibility index (Phi) is 2.30. The summed E-state index contributed by atoms with van der Waals surface area (Å²) in [4.78, 5) is 12.2. The Labute approximate surface area is 109 Å². The standard InChI is InChI=1S/C15H22N2O/c1-14(2)11-6-5-10-9-16-17(4)13(10)15(11,3)8-7-12(14)18/h9,11H,5-8H2,1-4H3/t11-,15-/m0/s1. The van der Waals surface area contributed by atoms with Crippen LogP contribution in [-0.2, 0) is 23.7 Å². The molecule has 2 aliphatic carbocycles. The molecule has 3 nitrogen and oxygen atoms in total. The highest BCUT2D eigenvalue weighted by molar-refractivity contribution is 5.86. The van der Waals surface area contributed by atoms with Gasteiger partial charge in [-0.25, -0.2) is 0 Å². The van der Waals surface area contributed by atoms with E-state index in [4.69, 9.17) is 0 Å². The van der Waals surface area contributed by atoms with E-state index in [1.165, 1.54) is 11.3 Å². The van der Waals surface area contributed by atoms with E-state index in [0.717, 1.165) is 19.3 Å². The molecule has 1 saturated carbocycles. The van der Waals surface area contributed by atoms with Crippen LogP contribution in [0.15, 0.2) is 6.20 Å². The van der Waals surface area contributed by atoms with E-state index in [-0.39, 0.29) is 10.8 Å². The summed E-state index contributed by atoms with van der Waals surface area (Å²) in [6.45, 7) is 6.61. The van der Waals surface area contributed by atoms with Crippen molar-refractivity contribution in [2.24, 2.45) is 18.4 Å². The molecule has 0 bridgehead atoms. The van der Waals surface area contributed by atoms with Crippen LogP contribution in [0.1, 0.15) is 51.3 Å². The normalized spacial score (nSPS) is 34.0. The molecule has 1 fully saturated rings. The fourth-order valence-electron chi connectivity index (χ4n) is 4.53. The van der Waals surface area contributed by atoms with E-state index in [1.54, 1.807) is 0 Å². The molecule has 0 spiro atoms. The Hall–Kier alpha value is -1.12. The third-order valence-electron chi connectivity index (χ3n) is 5.49. The van der Waals surface area contributed by atoms with Crippen molar-refractivity contribution in [1.29, 1.82) is 0 Å². The Morgan fingerprint density at radius 3 is 2.78 bits per heavy atom. The predicted molar refractivity (Wildman–Crippen MR) is 70.4 cm³/mol. The lowest BCUT2D eigenvalue weighted by molar-refractivity contribution is -0.137. The first-order valence-electron chi connectivity index (χ1n) is 6.92. The van der Waals surface area contributed by atoms with Crippen LogP contribution in [0, 0.1) is 11.3 Å². The average Bonchev–Trinajstić information content (AvgIpc) is 2.68. The number of ketones is 1. The largest absolute Gasteiger partial charge is 0.299 e. The van der Waals surface area contributed by atoms with Crippen molar-refractivity contribution >= 4 is 5.78 Å². The van der Waals surface area contributed by atoms with Gasteiger partial charge in [-0.05, 0) is 30.7 Å². The van der Waals surface area contributed by atoms with Crippen LogP contribution < -0.4 is 0 Å². The highest BCUT2D eigenvalue weighted by atomic mass is 16.1. The predicted octanol–water partition coefficient (Wildman–Crippen LogP) is 2.63. The molecule has 0 amide bonds. The number of fused-ring (bicyclic) bond motifs is 3. The zero-order chi connectivity index (χ0) is 13.1. The molecule has 2 aliphatic rings. The molecular weight excluding hydrogens is 224 g/mol. The summed E-state index contributed by atoms with van der Waals surface area (Å²) in [5.74, 6) is 0.893. The van der Waals surface area contributed by atoms with Crippen molar-refractivity contribution in [2.45, 2.75) is 51.9 Å². The molecule has 1 heterocycles. The van der Waals surface area contributed by atoms with Gasteiger partial charge in [-0.1, -0.05) is 20.8 Å². The first-order chi connectivity index (χ1) is 8.37. The molecule has 2 atom stereocenters. The van der Waals surface area contributed by atoms with E-state index in [2.05, 4.69) is 25.9 Å². The maximum absolute atomic E-state index is 12.2. The zero-order valence-electron chi connectivity index (χ0n) is 11.8. The van der Waals surface area contributed by atoms with Gasteiger partial charge < -0.3 is 0 Å². The summed E-state index contributed by atoms with van der Waals surface area (Å²) < 4.78 is 2.04. The average molecular weight is 246 g/mol. The maximum Gasteiger partial charge on any atom is 0.138 e. The van der Waals surface area contributed by atoms with Crippen LogP contribution >= 0.6 is 0 Å². The smallest absolute Gasteiger partial charge is 0.138 e. The molecule has 0 unspecified atom stereocenters. The SMILES string of the molecule is Cn1ncc2c1[C@@]1(C)CCC(=O)C(C)(C)[C@@H]1CC2. The number of Topliss-reactive ketones (excluding diaryl/α,β-unsaturated/α-hetero) is 1. The minimum absolute atomic E-state index is 0.121. The lowest BCUT2D eigenvalue weighted by atomic mass is 9.51. The molecule has 0 aliphatic heterocycles. The van der Waals surface area contributed by atoms with Gasteiger partial charge in [-0.2, -0.15) is 5.10 Å². The molecule has 98 valence electrons. The third kappa shape index (κ3) is 1.30. The van der Waals surface area contributed by atoms with Gasteiger partial charge in [0.25, 0.3) is 0 Å². The van der Waals surface area contributed by atoms with Crippen LogP contribution in [0.2, 0.25) is 0 Å². The lowest BCUT2D eigenvalue weighted by Crippen LogP contribution is -2.52. The topological polar surface area (TPSA) is 34.9 Å². The van der Waals surface area contributed by atoms with Crippen LogP contribution in [0.5, 0.6) is 0 Å². The molecule has 0 radical (unpaired) electrons. The first-order valence-corrected chi connectivity index (χ1v) is 6.92. The number of hydrogen-bond acceptors (Lipinski definition) is 2. The van der Waals surface area contributed by atoms with Gasteiger partial charge in [0.2, 0.25) is 0 Å². The van der Waals surface area contributed by atoms with Crippen molar-refractivity contribution in [3.8, 4) is 0 Å². The monoisotopic (exact) mass is 246 g/mol. The summed E-state index contributed by atoms with van der Waals surface area (Å²) in [5.41, 5.74) is 2.70. The highest BCUT2D eigenvalue weighted by Crippen LogP contribution is 2.55. The van der Waals surface area contributed by atoms with E-state index in [0.29, 0.717) is 18.1 Å². The Bertz CT molecular complexity index is 515. The summed E-state index contributed by atoms with van der Waals surface area (Å²) in [5, 5.41) is 4.43. The van der Waals surface area contributed by atoms with Crippen LogP contribution in [0.4, 0.5) is 0 Å². The molecule has 3 rings (SSSR count). The van der Waals surface area contributed by atoms with Crippen molar-refractivity contribution < 1.29 is 4.79 Å². The number of hydrogen-bond donors (Lipinski definition) is 0. The minimum Gasteiger partial charge on any atom is -0.299 e. The van der Waals surface area contributed by atoms with E-state index in [9.17, 15) is 4.79 Å². The zero-order valence-corrected chi connectivity index (χ0v) is 11.8. The Morgan fingerprint density at radius 2 is 2.06 bits per heavy atom. The highest BCUT2D eigenvalue weighted by Gasteiger charge is 2.54. The van der Waals surface area contributed by atoms with Crippen molar-refractivity contribution in [3.63, 3.8) is 0 Å². The molecule has 18 heavy (non-hydrogen) atoms. The van der Waals surface area contributed by atoms with E-state index < -0.39 is 0 Å². The fraction of sp³-hybridized carbons (Fsp3) is 0.733. The van der Waals surface area contributed by atoms with Gasteiger partial charge in [0.05, 0.1) is 6.20 Å². The second kappa shape index (κ2) is 3.46. The molecule has 0 aromatic carbocycles. The number of rotatable bonds is 0. The van der Waals surface area contributed by atoms with Crippen LogP contribution in [0.3, 0.4) is 0 Å². The van der Waals surface area contributed by atoms with Crippen molar-refractivity contribution in [3.05, 3.63) is 17.5 Å². The second-order valence-electron chi connectivity index (χ2n) is 6.80. The Balaban J connectivity index is 2.16. The van der Waals surface area contributed by atoms with Crippen molar-refractivity contribution in [1.82, 2.24) is 9.78 Å². The summed E-state index contributed by atoms with van der Waals surface area (Å²) in [7, 11) is 2.04. The molecule has 0 N–H and O–H groups in total. The fourth-order valence-corrected chi connectivity index (χ4v) is 4.53. The molecule has 0 saturated heterocycles. The molecule has 1 aromatic rings. The van der Waals surface area contributed by atoms with E-state index >= 15 is 0 Å². The Morgan fingerprint density at radius 1 is 1.33 bits per heavy atom. The molecule has 1 aromatic heterocycles. The number of carbonyl (C=O) groups excluding carboxylic acids is 1. The van der Waals surface area contributed by atoms with Gasteiger partial charge >= 0.3 is 0 Å². The van der Waals surface area contributed by atoms with E-state index in [1.807, 2.05) is 17.9 Å². The summed E-state index contributed by atoms with van der Waals surface area (Å²) in [6.07, 6.45) is 5.89. The van der Waals surface area contributed by atoms with Crippen LogP contribution in [0.25, 0.3) is 0 Å². The number of aromatic nitrogens is 2. The molecule has 3 heteroatoms.